The highest BCUT2D eigenvalue weighted by molar-refractivity contribution is 5.68. The molecule has 2 nitrogen and oxygen atoms in total. The Morgan fingerprint density at radius 2 is 2.00 bits per heavy atom. The third-order valence-electron chi connectivity index (χ3n) is 3.08. The van der Waals surface area contributed by atoms with Crippen molar-refractivity contribution in [1.82, 2.24) is 4.98 Å². The summed E-state index contributed by atoms with van der Waals surface area (Å²) in [6.45, 7) is 0. The number of nitrogens with zero attached hydrogens (tertiary/aromatic N) is 1. The highest BCUT2D eigenvalue weighted by Crippen LogP contribution is 2.33. The lowest BCUT2D eigenvalue weighted by atomic mass is 10.1. The van der Waals surface area contributed by atoms with Gasteiger partial charge in [0, 0.05) is 0 Å². The van der Waals surface area contributed by atoms with Gasteiger partial charge in [0.1, 0.15) is 5.76 Å². The van der Waals surface area contributed by atoms with E-state index < -0.39 is 0 Å². The van der Waals surface area contributed by atoms with Crippen molar-refractivity contribution in [3.8, 4) is 0 Å². The van der Waals surface area contributed by atoms with Gasteiger partial charge in [0.15, 0.2) is 6.39 Å². The number of rotatable bonds is 4. The van der Waals surface area contributed by atoms with Crippen LogP contribution in [0.5, 0.6) is 0 Å². The normalized spacial score (nSPS) is 15.5. The molecule has 1 aromatic heterocycles. The maximum atomic E-state index is 5.42. The predicted octanol–water partition coefficient (Wildman–Crippen LogP) is 3.80. The maximum Gasteiger partial charge on any atom is 0.181 e. The van der Waals surface area contributed by atoms with Crippen molar-refractivity contribution in [1.29, 1.82) is 0 Å². The van der Waals surface area contributed by atoms with E-state index in [0.29, 0.717) is 0 Å². The van der Waals surface area contributed by atoms with Crippen LogP contribution in [0.1, 0.15) is 29.9 Å². The summed E-state index contributed by atoms with van der Waals surface area (Å²) in [6.07, 6.45) is 9.37. The molecule has 1 saturated carbocycles. The van der Waals surface area contributed by atoms with Crippen molar-refractivity contribution in [3.05, 3.63) is 53.7 Å². The Bertz CT molecular complexity index is 509. The summed E-state index contributed by atoms with van der Waals surface area (Å²) in [6, 6.07) is 10.2. The minimum Gasteiger partial charge on any atom is -0.444 e. The van der Waals surface area contributed by atoms with Crippen molar-refractivity contribution < 1.29 is 4.42 Å². The Hall–Kier alpha value is -1.83. The number of hydrogen-bond donors (Lipinski definition) is 0. The molecule has 0 radical (unpaired) electrons. The summed E-state index contributed by atoms with van der Waals surface area (Å²) in [4.78, 5) is 4.29. The van der Waals surface area contributed by atoms with Gasteiger partial charge < -0.3 is 4.42 Å². The highest BCUT2D eigenvalue weighted by atomic mass is 16.3. The van der Waals surface area contributed by atoms with Crippen LogP contribution in [-0.4, -0.2) is 4.98 Å². The van der Waals surface area contributed by atoms with Crippen molar-refractivity contribution in [2.75, 3.05) is 0 Å². The summed E-state index contributed by atoms with van der Waals surface area (Å²) in [5.74, 6) is 1.74. The molecule has 17 heavy (non-hydrogen) atoms. The molecule has 0 amide bonds. The molecule has 0 bridgehead atoms. The number of aromatic nitrogens is 1. The van der Waals surface area contributed by atoms with Gasteiger partial charge in [-0.1, -0.05) is 36.4 Å². The summed E-state index contributed by atoms with van der Waals surface area (Å²) >= 11 is 0. The zero-order valence-electron chi connectivity index (χ0n) is 9.67. The Morgan fingerprint density at radius 1 is 1.18 bits per heavy atom. The summed E-state index contributed by atoms with van der Waals surface area (Å²) in [5, 5.41) is 0. The van der Waals surface area contributed by atoms with Gasteiger partial charge in [0.25, 0.3) is 0 Å². The Balaban J connectivity index is 1.75. The van der Waals surface area contributed by atoms with Crippen molar-refractivity contribution in [2.24, 2.45) is 5.92 Å². The van der Waals surface area contributed by atoms with Gasteiger partial charge in [0.2, 0.25) is 0 Å². The molecule has 3 rings (SSSR count). The molecule has 1 aliphatic carbocycles. The zero-order chi connectivity index (χ0) is 11.5. The smallest absolute Gasteiger partial charge is 0.181 e. The molecule has 1 aliphatic rings. The molecule has 0 saturated heterocycles. The molecule has 0 unspecified atom stereocenters. The van der Waals surface area contributed by atoms with E-state index in [9.17, 15) is 0 Å². The minimum absolute atomic E-state index is 0.837. The predicted molar refractivity (Wildman–Crippen MR) is 68.3 cm³/mol. The van der Waals surface area contributed by atoms with Crippen LogP contribution in [0.25, 0.3) is 12.2 Å². The average molecular weight is 225 g/mol. The lowest BCUT2D eigenvalue weighted by molar-refractivity contribution is 0.546. The van der Waals surface area contributed by atoms with E-state index in [1.807, 2.05) is 24.3 Å². The zero-order valence-corrected chi connectivity index (χ0v) is 9.67. The monoisotopic (exact) mass is 225 g/mol. The molecule has 0 N–H and O–H groups in total. The van der Waals surface area contributed by atoms with Gasteiger partial charge >= 0.3 is 0 Å². The van der Waals surface area contributed by atoms with Crippen molar-refractivity contribution in [3.63, 3.8) is 0 Å². The molecule has 1 aromatic carbocycles. The van der Waals surface area contributed by atoms with Gasteiger partial charge in [-0.15, -0.1) is 0 Å². The molecule has 1 fully saturated rings. The highest BCUT2D eigenvalue weighted by Gasteiger charge is 2.23. The maximum absolute atomic E-state index is 5.42. The topological polar surface area (TPSA) is 26.0 Å². The fourth-order valence-corrected chi connectivity index (χ4v) is 1.90. The van der Waals surface area contributed by atoms with Crippen LogP contribution in [0, 0.1) is 5.92 Å². The van der Waals surface area contributed by atoms with E-state index in [0.717, 1.165) is 23.8 Å². The van der Waals surface area contributed by atoms with Crippen LogP contribution in [-0.2, 0) is 6.42 Å². The Labute approximate surface area is 101 Å². The van der Waals surface area contributed by atoms with Gasteiger partial charge in [-0.25, -0.2) is 4.98 Å². The van der Waals surface area contributed by atoms with E-state index >= 15 is 0 Å². The molecule has 0 atom stereocenters. The van der Waals surface area contributed by atoms with Crippen LogP contribution in [0.4, 0.5) is 0 Å². The van der Waals surface area contributed by atoms with Crippen LogP contribution in [0.3, 0.4) is 0 Å². The van der Waals surface area contributed by atoms with Crippen LogP contribution in [0.2, 0.25) is 0 Å². The first-order valence-electron chi connectivity index (χ1n) is 6.07. The first-order chi connectivity index (χ1) is 8.42. The second-order valence-electron chi connectivity index (χ2n) is 4.55. The van der Waals surface area contributed by atoms with Gasteiger partial charge in [-0.2, -0.15) is 0 Å². The van der Waals surface area contributed by atoms with Crippen LogP contribution >= 0.6 is 0 Å². The summed E-state index contributed by atoms with van der Waals surface area (Å²) in [7, 11) is 0. The van der Waals surface area contributed by atoms with Gasteiger partial charge in [0.05, 0.1) is 5.69 Å². The number of benzene rings is 1. The third kappa shape index (κ3) is 2.64. The lowest BCUT2D eigenvalue weighted by Crippen LogP contribution is -1.89. The Kier molecular flexibility index (Phi) is 2.78. The summed E-state index contributed by atoms with van der Waals surface area (Å²) < 4.78 is 5.42. The number of oxazole rings is 1. The molecule has 1 heterocycles. The molecule has 0 spiro atoms. The largest absolute Gasteiger partial charge is 0.444 e. The van der Waals surface area contributed by atoms with E-state index in [-0.39, 0.29) is 0 Å². The second kappa shape index (κ2) is 4.58. The molecule has 0 aliphatic heterocycles. The average Bonchev–Trinajstić information content (AvgIpc) is 3.07. The first-order valence-corrected chi connectivity index (χ1v) is 6.07. The summed E-state index contributed by atoms with van der Waals surface area (Å²) in [5.41, 5.74) is 2.28. The van der Waals surface area contributed by atoms with Gasteiger partial charge in [-0.05, 0) is 36.8 Å². The van der Waals surface area contributed by atoms with E-state index in [2.05, 4.69) is 23.2 Å². The second-order valence-corrected chi connectivity index (χ2v) is 4.55. The molecular weight excluding hydrogens is 210 g/mol. The van der Waals surface area contributed by atoms with E-state index in [1.165, 1.54) is 18.4 Å². The van der Waals surface area contributed by atoms with Gasteiger partial charge in [-0.3, -0.25) is 0 Å². The third-order valence-corrected chi connectivity index (χ3v) is 3.08. The molecular formula is C15H15NO. The quantitative estimate of drug-likeness (QED) is 0.791. The fraction of sp³-hybridized carbons (Fsp3) is 0.267. The van der Waals surface area contributed by atoms with Crippen LogP contribution < -0.4 is 0 Å². The minimum atomic E-state index is 0.837. The molecule has 86 valence electrons. The van der Waals surface area contributed by atoms with Crippen molar-refractivity contribution in [2.45, 2.75) is 19.3 Å². The molecule has 2 heteroatoms. The van der Waals surface area contributed by atoms with E-state index in [4.69, 9.17) is 4.42 Å². The fourth-order valence-electron chi connectivity index (χ4n) is 1.90. The Morgan fingerprint density at radius 3 is 2.76 bits per heavy atom. The molecule has 2 aromatic rings. The van der Waals surface area contributed by atoms with E-state index in [1.54, 1.807) is 6.39 Å². The first kappa shape index (κ1) is 10.3. The standard InChI is InChI=1S/C15H15NO/c1-2-4-12(5-3-1)8-9-15-14(16-11-17-15)10-13-6-7-13/h1-5,8-9,11,13H,6-7,10H2. The lowest BCUT2D eigenvalue weighted by Gasteiger charge is -1.94. The number of hydrogen-bond acceptors (Lipinski definition) is 2. The van der Waals surface area contributed by atoms with Crippen LogP contribution in [0.15, 0.2) is 41.1 Å². The van der Waals surface area contributed by atoms with Crippen molar-refractivity contribution >= 4 is 12.2 Å². The SMILES string of the molecule is C(=Cc1ocnc1CC1CC1)c1ccccc1.